The maximum Gasteiger partial charge on any atom is 0.164 e. The van der Waals surface area contributed by atoms with E-state index in [1.54, 1.807) is 0 Å². The van der Waals surface area contributed by atoms with Crippen molar-refractivity contribution in [2.45, 2.75) is 19.3 Å². The molecule has 5 nitrogen and oxygen atoms in total. The van der Waals surface area contributed by atoms with E-state index in [1.165, 1.54) is 33.0 Å². The number of aromatic nitrogens is 4. The first kappa shape index (κ1) is 25.2. The first-order valence-electron chi connectivity index (χ1n) is 20.1. The monoisotopic (exact) mass is 685 g/mol. The highest BCUT2D eigenvalue weighted by Crippen LogP contribution is 2.53. The first-order chi connectivity index (χ1) is 28.1. The number of hydrogen-bond acceptors (Lipinski definition) is 4. The molecule has 0 N–H and O–H groups in total. The molecule has 0 amide bonds. The van der Waals surface area contributed by atoms with Gasteiger partial charge in [-0.25, -0.2) is 15.0 Å². The molecule has 3 heterocycles. The molecule has 0 saturated heterocycles. The van der Waals surface area contributed by atoms with E-state index in [2.05, 4.69) is 102 Å². The van der Waals surface area contributed by atoms with Crippen molar-refractivity contribution < 1.29 is 11.3 Å². The third-order valence-electron chi connectivity index (χ3n) is 10.7. The molecule has 11 rings (SSSR count). The van der Waals surface area contributed by atoms with Crippen molar-refractivity contribution in [2.75, 3.05) is 0 Å². The maximum absolute atomic E-state index is 8.68. The summed E-state index contributed by atoms with van der Waals surface area (Å²) in [6, 6.07) is 41.1. The molecule has 5 heteroatoms. The van der Waals surface area contributed by atoms with Gasteiger partial charge in [-0.15, -0.1) is 0 Å². The van der Waals surface area contributed by atoms with Crippen molar-refractivity contribution >= 4 is 43.7 Å². The second kappa shape index (κ2) is 11.1. The molecular weight excluding hydrogens is 649 g/mol. The molecule has 1 aliphatic carbocycles. The summed E-state index contributed by atoms with van der Waals surface area (Å²) in [5, 5.41) is 4.23. The van der Waals surface area contributed by atoms with Crippen LogP contribution in [0.5, 0.6) is 0 Å². The van der Waals surface area contributed by atoms with Gasteiger partial charge in [-0.2, -0.15) is 0 Å². The molecule has 0 bridgehead atoms. The minimum atomic E-state index is -0.481. The first-order valence-corrected chi connectivity index (χ1v) is 17.6. The van der Waals surface area contributed by atoms with E-state index < -0.39 is 18.1 Å². The third kappa shape index (κ3) is 4.34. The average molecular weight is 686 g/mol. The van der Waals surface area contributed by atoms with Crippen molar-refractivity contribution in [1.29, 1.82) is 0 Å². The summed E-state index contributed by atoms with van der Waals surface area (Å²) in [7, 11) is 0. The molecule has 0 fully saturated rings. The van der Waals surface area contributed by atoms with E-state index in [-0.39, 0.29) is 34.7 Å². The molecular formula is C48H32N4O. The molecule has 250 valence electrons. The van der Waals surface area contributed by atoms with Crippen molar-refractivity contribution in [2.24, 2.45) is 0 Å². The Morgan fingerprint density at radius 2 is 1.26 bits per heavy atom. The smallest absolute Gasteiger partial charge is 0.164 e. The van der Waals surface area contributed by atoms with Crippen LogP contribution >= 0.6 is 0 Å². The Hall–Kier alpha value is -6.85. The lowest BCUT2D eigenvalue weighted by Crippen LogP contribution is -2.16. The van der Waals surface area contributed by atoms with E-state index in [0.29, 0.717) is 22.5 Å². The molecule has 7 aromatic carbocycles. The van der Waals surface area contributed by atoms with Gasteiger partial charge in [-0.05, 0) is 46.5 Å². The van der Waals surface area contributed by atoms with Crippen LogP contribution in [-0.2, 0) is 5.41 Å². The number of para-hydroxylation sites is 2. The fraction of sp³-hybridized carbons (Fsp3) is 0.0625. The molecule has 3 aromatic heterocycles. The quantitative estimate of drug-likeness (QED) is 0.185. The van der Waals surface area contributed by atoms with Crippen LogP contribution in [0.1, 0.15) is 31.8 Å². The van der Waals surface area contributed by atoms with Gasteiger partial charge in [0.2, 0.25) is 0 Å². The molecule has 0 atom stereocenters. The van der Waals surface area contributed by atoms with Crippen molar-refractivity contribution in [3.63, 3.8) is 0 Å². The molecule has 53 heavy (non-hydrogen) atoms. The van der Waals surface area contributed by atoms with Crippen LogP contribution in [0.25, 0.3) is 94.7 Å². The predicted octanol–water partition coefficient (Wildman–Crippen LogP) is 12.2. The highest BCUT2D eigenvalue weighted by Gasteiger charge is 2.38. The topological polar surface area (TPSA) is 56.7 Å². The Balaban J connectivity index is 1.14. The van der Waals surface area contributed by atoms with Gasteiger partial charge in [-0.3, -0.25) is 0 Å². The summed E-state index contributed by atoms with van der Waals surface area (Å²) in [4.78, 5) is 14.3. The van der Waals surface area contributed by atoms with E-state index in [9.17, 15) is 0 Å². The van der Waals surface area contributed by atoms with Gasteiger partial charge in [0.25, 0.3) is 0 Å². The van der Waals surface area contributed by atoms with Gasteiger partial charge in [0.15, 0.2) is 23.1 Å². The second-order valence-corrected chi connectivity index (χ2v) is 14.0. The highest BCUT2D eigenvalue weighted by atomic mass is 16.3. The van der Waals surface area contributed by atoms with Crippen LogP contribution in [0.2, 0.25) is 0 Å². The summed E-state index contributed by atoms with van der Waals surface area (Å²) in [5.74, 6) is 0.568. The van der Waals surface area contributed by atoms with Gasteiger partial charge in [-0.1, -0.05) is 147 Å². The second-order valence-electron chi connectivity index (χ2n) is 14.0. The maximum atomic E-state index is 8.68. The SMILES string of the molecule is [2H]c1c([2H])c([2H])c(-c2nc(-c3ccccc3)nc(-c3ccc4c(c3)oc3c(-n5c6ccccc6c6ccc7c(c65)C(C)(C)c5ccccc5-7)cccc34)n2)c([2H])c1[2H]. The number of nitrogens with zero attached hydrogens (tertiary/aromatic N) is 4. The van der Waals surface area contributed by atoms with E-state index in [4.69, 9.17) is 21.2 Å². The minimum absolute atomic E-state index is 0.0168. The van der Waals surface area contributed by atoms with Gasteiger partial charge >= 0.3 is 0 Å². The van der Waals surface area contributed by atoms with Gasteiger partial charge < -0.3 is 8.98 Å². The number of furan rings is 1. The Morgan fingerprint density at radius 3 is 2.11 bits per heavy atom. The minimum Gasteiger partial charge on any atom is -0.454 e. The number of hydrogen-bond donors (Lipinski definition) is 0. The molecule has 0 radical (unpaired) electrons. The van der Waals surface area contributed by atoms with Crippen LogP contribution < -0.4 is 0 Å². The zero-order valence-electron chi connectivity index (χ0n) is 33.8. The summed E-state index contributed by atoms with van der Waals surface area (Å²) in [6.07, 6.45) is 0. The molecule has 0 spiro atoms. The average Bonchev–Trinajstić information content (AvgIpc) is 3.87. The largest absolute Gasteiger partial charge is 0.454 e. The highest BCUT2D eigenvalue weighted by molar-refractivity contribution is 6.15. The van der Waals surface area contributed by atoms with Crippen LogP contribution in [0.3, 0.4) is 0 Å². The normalized spacial score (nSPS) is 14.6. The fourth-order valence-electron chi connectivity index (χ4n) is 8.36. The molecule has 10 aromatic rings. The summed E-state index contributed by atoms with van der Waals surface area (Å²) in [6.45, 7) is 4.63. The van der Waals surface area contributed by atoms with Crippen LogP contribution in [0.4, 0.5) is 0 Å². The Bertz CT molecular complexity index is 3360. The van der Waals surface area contributed by atoms with Crippen LogP contribution in [0.15, 0.2) is 162 Å². The van der Waals surface area contributed by atoms with Gasteiger partial charge in [0.1, 0.15) is 5.58 Å². The zero-order chi connectivity index (χ0) is 39.6. The zero-order valence-corrected chi connectivity index (χ0v) is 28.8. The van der Waals surface area contributed by atoms with Crippen molar-refractivity contribution in [3.8, 4) is 51.0 Å². The Morgan fingerprint density at radius 1 is 0.566 bits per heavy atom. The predicted molar refractivity (Wildman–Crippen MR) is 215 cm³/mol. The Labute approximate surface area is 312 Å². The van der Waals surface area contributed by atoms with Crippen molar-refractivity contribution in [1.82, 2.24) is 19.5 Å². The lowest BCUT2D eigenvalue weighted by Gasteiger charge is -2.23. The summed E-state index contributed by atoms with van der Waals surface area (Å²) >= 11 is 0. The molecule has 0 saturated carbocycles. The van der Waals surface area contributed by atoms with E-state index in [1.807, 2.05) is 48.5 Å². The number of benzene rings is 7. The Kier molecular flexibility index (Phi) is 5.26. The van der Waals surface area contributed by atoms with Crippen molar-refractivity contribution in [3.05, 3.63) is 169 Å². The fourth-order valence-corrected chi connectivity index (χ4v) is 8.36. The summed E-state index contributed by atoms with van der Waals surface area (Å²) < 4.78 is 51.4. The number of rotatable bonds is 4. The standard InChI is InChI=1S/C48H32N4O/c1-48(2)38-21-11-9-18-32(38)35-26-27-36-33-19-10-12-22-39(33)52(43(36)42(35)48)40-23-13-20-37-34-25-24-31(28-41(34)53-44(37)40)47-50-45(29-14-5-3-6-15-29)49-46(51-47)30-16-7-4-8-17-30/h3-28H,1-2H3/i3D,5D,6D,14D,15D. The van der Waals surface area contributed by atoms with Crippen LogP contribution in [0, 0.1) is 0 Å². The van der Waals surface area contributed by atoms with Gasteiger partial charge in [0.05, 0.1) is 23.6 Å². The number of fused-ring (bicyclic) bond motifs is 10. The molecule has 0 unspecified atom stereocenters. The van der Waals surface area contributed by atoms with Gasteiger partial charge in [0, 0.05) is 43.7 Å². The lowest BCUT2D eigenvalue weighted by molar-refractivity contribution is 0.660. The summed E-state index contributed by atoms with van der Waals surface area (Å²) in [5.41, 5.74) is 10.6. The van der Waals surface area contributed by atoms with E-state index in [0.717, 1.165) is 33.1 Å². The molecule has 1 aliphatic rings. The molecule has 0 aliphatic heterocycles. The third-order valence-corrected chi connectivity index (χ3v) is 10.7. The van der Waals surface area contributed by atoms with E-state index >= 15 is 0 Å². The lowest BCUT2D eigenvalue weighted by atomic mass is 9.81. The van der Waals surface area contributed by atoms with Crippen LogP contribution in [-0.4, -0.2) is 19.5 Å².